The summed E-state index contributed by atoms with van der Waals surface area (Å²) in [6.07, 6.45) is 5.12. The smallest absolute Gasteiger partial charge is 0.191 e. The van der Waals surface area contributed by atoms with Crippen LogP contribution in [0.25, 0.3) is 0 Å². The molecule has 10 heteroatoms. The van der Waals surface area contributed by atoms with Crippen molar-refractivity contribution in [3.63, 3.8) is 0 Å². The highest BCUT2D eigenvalue weighted by molar-refractivity contribution is 14.0. The quantitative estimate of drug-likeness (QED) is 0.210. The molecule has 2 aromatic heterocycles. The second kappa shape index (κ2) is 12.9. The Balaban J connectivity index is 0.00000320. The lowest BCUT2D eigenvalue weighted by Gasteiger charge is -2.26. The zero-order chi connectivity index (χ0) is 20.5. The summed E-state index contributed by atoms with van der Waals surface area (Å²) in [5.74, 6) is 3.46. The van der Waals surface area contributed by atoms with Gasteiger partial charge in [-0.3, -0.25) is 4.90 Å². The maximum atomic E-state index is 5.72. The van der Waals surface area contributed by atoms with Gasteiger partial charge in [-0.05, 0) is 51.4 Å². The number of nitrogens with one attached hydrogen (secondary N) is 2. The Bertz CT molecular complexity index is 757. The molecule has 0 bridgehead atoms. The zero-order valence-electron chi connectivity index (χ0n) is 18.1. The van der Waals surface area contributed by atoms with Gasteiger partial charge in [-0.25, -0.2) is 4.99 Å². The zero-order valence-corrected chi connectivity index (χ0v) is 20.5. The fourth-order valence-electron chi connectivity index (χ4n) is 3.47. The number of methoxy groups -OCH3 is 1. The van der Waals surface area contributed by atoms with E-state index in [9.17, 15) is 0 Å². The van der Waals surface area contributed by atoms with E-state index < -0.39 is 0 Å². The Morgan fingerprint density at radius 2 is 2.10 bits per heavy atom. The fraction of sp³-hybridized carbons (Fsp3) is 0.650. The predicted molar refractivity (Wildman–Crippen MR) is 127 cm³/mol. The van der Waals surface area contributed by atoms with Crippen molar-refractivity contribution in [1.82, 2.24) is 30.3 Å². The first-order valence-electron chi connectivity index (χ1n) is 10.3. The molecular weight excluding hydrogens is 497 g/mol. The highest BCUT2D eigenvalue weighted by Gasteiger charge is 2.25. The maximum absolute atomic E-state index is 5.72. The number of aromatic nitrogens is 3. The van der Waals surface area contributed by atoms with E-state index in [0.717, 1.165) is 56.0 Å². The SMILES string of the molecule is COCCCNC(=NCc1nnc(C)n1C)NCC(c1ccco1)N1CCCC1.I. The van der Waals surface area contributed by atoms with Crippen LogP contribution in [-0.2, 0) is 18.3 Å². The van der Waals surface area contributed by atoms with Crippen LogP contribution in [0, 0.1) is 6.92 Å². The molecule has 2 aromatic rings. The molecule has 2 N–H and O–H groups in total. The average molecular weight is 531 g/mol. The molecule has 0 saturated carbocycles. The number of halogens is 1. The van der Waals surface area contributed by atoms with Crippen LogP contribution in [0.4, 0.5) is 0 Å². The van der Waals surface area contributed by atoms with Crippen molar-refractivity contribution in [1.29, 1.82) is 0 Å². The number of rotatable bonds is 10. The van der Waals surface area contributed by atoms with Gasteiger partial charge in [0.2, 0.25) is 0 Å². The average Bonchev–Trinajstić information content (AvgIpc) is 3.49. The molecule has 1 atom stereocenters. The van der Waals surface area contributed by atoms with E-state index in [1.807, 2.05) is 24.6 Å². The number of aryl methyl sites for hydroxylation is 1. The Kier molecular flexibility index (Phi) is 10.6. The molecule has 1 saturated heterocycles. The normalized spacial score (nSPS) is 15.8. The molecule has 1 aliphatic rings. The Labute approximate surface area is 195 Å². The van der Waals surface area contributed by atoms with E-state index in [-0.39, 0.29) is 30.0 Å². The molecule has 3 rings (SSSR count). The van der Waals surface area contributed by atoms with Crippen LogP contribution in [0.5, 0.6) is 0 Å². The van der Waals surface area contributed by atoms with E-state index in [1.54, 1.807) is 13.4 Å². The molecule has 168 valence electrons. The highest BCUT2D eigenvalue weighted by atomic mass is 127. The minimum absolute atomic E-state index is 0. The van der Waals surface area contributed by atoms with Gasteiger partial charge in [0.25, 0.3) is 0 Å². The molecule has 0 spiro atoms. The lowest BCUT2D eigenvalue weighted by molar-refractivity contribution is 0.195. The van der Waals surface area contributed by atoms with E-state index in [1.165, 1.54) is 12.8 Å². The third-order valence-corrected chi connectivity index (χ3v) is 5.29. The maximum Gasteiger partial charge on any atom is 0.191 e. The third-order valence-electron chi connectivity index (χ3n) is 5.29. The topological polar surface area (TPSA) is 92.7 Å². The molecule has 1 fully saturated rings. The van der Waals surface area contributed by atoms with E-state index >= 15 is 0 Å². The van der Waals surface area contributed by atoms with Gasteiger partial charge in [0.15, 0.2) is 11.8 Å². The molecule has 0 amide bonds. The molecule has 0 aromatic carbocycles. The summed E-state index contributed by atoms with van der Waals surface area (Å²) in [7, 11) is 3.67. The monoisotopic (exact) mass is 531 g/mol. The van der Waals surface area contributed by atoms with Crippen LogP contribution in [-0.4, -0.2) is 65.5 Å². The first-order valence-corrected chi connectivity index (χ1v) is 10.3. The second-order valence-corrected chi connectivity index (χ2v) is 7.32. The third kappa shape index (κ3) is 6.95. The summed E-state index contributed by atoms with van der Waals surface area (Å²) in [4.78, 5) is 7.20. The van der Waals surface area contributed by atoms with Gasteiger partial charge < -0.3 is 24.4 Å². The number of aliphatic imine (C=N–C) groups is 1. The molecule has 30 heavy (non-hydrogen) atoms. The van der Waals surface area contributed by atoms with E-state index in [2.05, 4.69) is 31.8 Å². The fourth-order valence-corrected chi connectivity index (χ4v) is 3.47. The summed E-state index contributed by atoms with van der Waals surface area (Å²) < 4.78 is 12.8. The van der Waals surface area contributed by atoms with E-state index in [4.69, 9.17) is 14.1 Å². The first-order chi connectivity index (χ1) is 14.2. The van der Waals surface area contributed by atoms with Gasteiger partial charge in [0.1, 0.15) is 18.1 Å². The van der Waals surface area contributed by atoms with Gasteiger partial charge in [-0.1, -0.05) is 0 Å². The predicted octanol–water partition coefficient (Wildman–Crippen LogP) is 2.24. The van der Waals surface area contributed by atoms with Gasteiger partial charge in [-0.2, -0.15) is 0 Å². The van der Waals surface area contributed by atoms with Crippen molar-refractivity contribution in [2.24, 2.45) is 12.0 Å². The van der Waals surface area contributed by atoms with Gasteiger partial charge in [0.05, 0.1) is 12.3 Å². The standard InChI is InChI=1S/C20H33N7O2.HI/c1-16-24-25-19(26(16)2)15-23-20(21-9-7-12-28-3)22-14-17(18-8-6-13-29-18)27-10-4-5-11-27;/h6,8,13,17H,4-5,7,9-12,14-15H2,1-3H3,(H2,21,22,23);1H. The summed E-state index contributed by atoms with van der Waals surface area (Å²) in [5, 5.41) is 15.2. The Hall–Kier alpha value is -1.66. The largest absolute Gasteiger partial charge is 0.468 e. The van der Waals surface area contributed by atoms with Crippen molar-refractivity contribution in [2.45, 2.75) is 38.8 Å². The number of furan rings is 1. The summed E-state index contributed by atoms with van der Waals surface area (Å²) in [6, 6.07) is 4.19. The Morgan fingerprint density at radius 3 is 2.73 bits per heavy atom. The highest BCUT2D eigenvalue weighted by Crippen LogP contribution is 2.24. The lowest BCUT2D eigenvalue weighted by Crippen LogP contribution is -2.43. The number of likely N-dealkylation sites (tertiary alicyclic amines) is 1. The molecule has 3 heterocycles. The van der Waals surface area contributed by atoms with Crippen molar-refractivity contribution in [3.05, 3.63) is 35.8 Å². The Morgan fingerprint density at radius 1 is 1.30 bits per heavy atom. The minimum atomic E-state index is 0. The number of ether oxygens (including phenoxy) is 1. The first kappa shape index (κ1) is 24.6. The summed E-state index contributed by atoms with van der Waals surface area (Å²) in [6.45, 7) is 6.82. The molecule has 0 radical (unpaired) electrons. The van der Waals surface area contributed by atoms with Crippen LogP contribution in [0.3, 0.4) is 0 Å². The van der Waals surface area contributed by atoms with Crippen LogP contribution in [0.2, 0.25) is 0 Å². The van der Waals surface area contributed by atoms with Crippen molar-refractivity contribution in [3.8, 4) is 0 Å². The number of hydrogen-bond donors (Lipinski definition) is 2. The molecule has 9 nitrogen and oxygen atoms in total. The van der Waals surface area contributed by atoms with Crippen LogP contribution >= 0.6 is 24.0 Å². The van der Waals surface area contributed by atoms with E-state index in [0.29, 0.717) is 13.2 Å². The number of hydrogen-bond acceptors (Lipinski definition) is 6. The molecule has 1 unspecified atom stereocenters. The van der Waals surface area contributed by atoms with Gasteiger partial charge in [-0.15, -0.1) is 34.2 Å². The number of guanidine groups is 1. The van der Waals surface area contributed by atoms with Crippen molar-refractivity contribution in [2.75, 3.05) is 39.9 Å². The second-order valence-electron chi connectivity index (χ2n) is 7.32. The van der Waals surface area contributed by atoms with Crippen molar-refractivity contribution < 1.29 is 9.15 Å². The van der Waals surface area contributed by atoms with Gasteiger partial charge >= 0.3 is 0 Å². The van der Waals surface area contributed by atoms with Gasteiger partial charge in [0, 0.05) is 33.9 Å². The van der Waals surface area contributed by atoms with Crippen LogP contribution in [0.15, 0.2) is 27.8 Å². The molecule has 1 aliphatic heterocycles. The van der Waals surface area contributed by atoms with Crippen molar-refractivity contribution >= 4 is 29.9 Å². The summed E-state index contributed by atoms with van der Waals surface area (Å²) in [5.41, 5.74) is 0. The lowest BCUT2D eigenvalue weighted by atomic mass is 10.2. The minimum Gasteiger partial charge on any atom is -0.468 e. The molecular formula is C20H34IN7O2. The van der Waals surface area contributed by atoms with Crippen LogP contribution in [0.1, 0.15) is 42.7 Å². The number of nitrogens with zero attached hydrogens (tertiary/aromatic N) is 5. The summed E-state index contributed by atoms with van der Waals surface area (Å²) >= 11 is 0. The molecule has 0 aliphatic carbocycles. The van der Waals surface area contributed by atoms with Crippen LogP contribution < -0.4 is 10.6 Å².